The van der Waals surface area contributed by atoms with Crippen LogP contribution in [-0.4, -0.2) is 0 Å². The summed E-state index contributed by atoms with van der Waals surface area (Å²) in [6.07, 6.45) is 15.8. The zero-order valence-corrected chi connectivity index (χ0v) is 11.3. The number of hydrogen-bond acceptors (Lipinski definition) is 1. The van der Waals surface area contributed by atoms with Crippen LogP contribution in [0.1, 0.15) is 37.0 Å². The zero-order chi connectivity index (χ0) is 10.8. The van der Waals surface area contributed by atoms with E-state index in [0.717, 1.165) is 0 Å². The summed E-state index contributed by atoms with van der Waals surface area (Å²) < 4.78 is 0. The van der Waals surface area contributed by atoms with Crippen LogP contribution >= 0.6 is 11.3 Å². The molecule has 1 aromatic rings. The van der Waals surface area contributed by atoms with Gasteiger partial charge in [0.15, 0.2) is 0 Å². The monoisotopic (exact) mass is 236 g/mol. The molecule has 0 aromatic carbocycles. The number of thiophene rings is 1. The van der Waals surface area contributed by atoms with Crippen molar-refractivity contribution in [3.63, 3.8) is 0 Å². The quantitative estimate of drug-likeness (QED) is 0.539. The van der Waals surface area contributed by atoms with Gasteiger partial charge in [-0.2, -0.15) is 0 Å². The van der Waals surface area contributed by atoms with Crippen LogP contribution in [0, 0.1) is 19.3 Å². The Kier molecular flexibility index (Phi) is 4.47. The molecule has 84 valence electrons. The Balaban J connectivity index is 0.00000108. The Bertz CT molecular complexity index is 372. The van der Waals surface area contributed by atoms with Crippen molar-refractivity contribution < 1.29 is 18.9 Å². The molecule has 0 saturated heterocycles. The largest absolute Gasteiger partial charge is 1.00 e. The molecule has 0 bridgehead atoms. The standard InChI is InChI=1S/C15H17S.Li/c1-4-10-15(11-5-1,13-7-2-3-8-13)14-9-6-12-16-14;/h2-3,6-9,12H,1,4-5,10-11H2;/q-1;+1. The van der Waals surface area contributed by atoms with Gasteiger partial charge in [-0.15, -0.1) is 24.2 Å². The van der Waals surface area contributed by atoms with Crippen LogP contribution in [0.3, 0.4) is 0 Å². The molecule has 2 aliphatic carbocycles. The first-order chi connectivity index (χ1) is 7.92. The van der Waals surface area contributed by atoms with E-state index >= 15 is 0 Å². The van der Waals surface area contributed by atoms with Crippen molar-refractivity contribution in [3.8, 4) is 0 Å². The molecule has 0 atom stereocenters. The van der Waals surface area contributed by atoms with Crippen molar-refractivity contribution in [1.29, 1.82) is 0 Å². The fourth-order valence-corrected chi connectivity index (χ4v) is 4.09. The van der Waals surface area contributed by atoms with E-state index in [1.165, 1.54) is 37.7 Å². The van der Waals surface area contributed by atoms with Gasteiger partial charge in [-0.05, 0) is 29.7 Å². The maximum Gasteiger partial charge on any atom is 1.00 e. The van der Waals surface area contributed by atoms with Crippen LogP contribution in [0.2, 0.25) is 0 Å². The third kappa shape index (κ3) is 2.39. The Morgan fingerprint density at radius 3 is 2.59 bits per heavy atom. The van der Waals surface area contributed by atoms with Crippen LogP contribution in [0.5, 0.6) is 0 Å². The Labute approximate surface area is 121 Å². The molecule has 1 heterocycles. The van der Waals surface area contributed by atoms with Crippen molar-refractivity contribution in [2.75, 3.05) is 0 Å². The summed E-state index contributed by atoms with van der Waals surface area (Å²) in [5, 5.41) is 2.22. The molecule has 1 aromatic heterocycles. The molecule has 17 heavy (non-hydrogen) atoms. The minimum atomic E-state index is 0. The second-order valence-electron chi connectivity index (χ2n) is 4.79. The van der Waals surface area contributed by atoms with Gasteiger partial charge in [-0.1, -0.05) is 25.3 Å². The fraction of sp³-hybridized carbons (Fsp3) is 0.400. The van der Waals surface area contributed by atoms with Crippen molar-refractivity contribution in [3.05, 3.63) is 53.3 Å². The third-order valence-electron chi connectivity index (χ3n) is 3.92. The number of hydrogen-bond donors (Lipinski definition) is 0. The molecule has 3 rings (SSSR count). The summed E-state index contributed by atoms with van der Waals surface area (Å²) >= 11 is 1.93. The van der Waals surface area contributed by atoms with Crippen LogP contribution < -0.4 is 18.9 Å². The van der Waals surface area contributed by atoms with Gasteiger partial charge < -0.3 is 0 Å². The van der Waals surface area contributed by atoms with Gasteiger partial charge in [0, 0.05) is 4.88 Å². The van der Waals surface area contributed by atoms with Crippen molar-refractivity contribution in [1.82, 2.24) is 0 Å². The van der Waals surface area contributed by atoms with E-state index in [4.69, 9.17) is 0 Å². The molecule has 0 spiro atoms. The Morgan fingerprint density at radius 2 is 2.00 bits per heavy atom. The molecule has 0 nitrogen and oxygen atoms in total. The fourth-order valence-electron chi connectivity index (χ4n) is 3.08. The second-order valence-corrected chi connectivity index (χ2v) is 5.74. The molecule has 1 saturated carbocycles. The topological polar surface area (TPSA) is 0 Å². The van der Waals surface area contributed by atoms with E-state index in [0.29, 0.717) is 5.41 Å². The van der Waals surface area contributed by atoms with E-state index < -0.39 is 0 Å². The van der Waals surface area contributed by atoms with Gasteiger partial charge in [0.25, 0.3) is 0 Å². The van der Waals surface area contributed by atoms with E-state index in [9.17, 15) is 0 Å². The SMILES string of the molecule is [CH]1[CH][CH-]C(C2(c3cccs3)CCCCC2)=C1.[Li+]. The van der Waals surface area contributed by atoms with Gasteiger partial charge in [0.2, 0.25) is 0 Å². The normalized spacial score (nSPS) is 22.5. The summed E-state index contributed by atoms with van der Waals surface area (Å²) in [4.78, 5) is 1.57. The summed E-state index contributed by atoms with van der Waals surface area (Å²) in [5.74, 6) is 0. The molecule has 0 unspecified atom stereocenters. The molecule has 0 N–H and O–H groups in total. The van der Waals surface area contributed by atoms with Crippen LogP contribution in [-0.2, 0) is 5.41 Å². The molecule has 0 aliphatic heterocycles. The molecule has 1 fully saturated rings. The average molecular weight is 236 g/mol. The molecular weight excluding hydrogens is 219 g/mol. The van der Waals surface area contributed by atoms with Gasteiger partial charge in [0.1, 0.15) is 0 Å². The zero-order valence-electron chi connectivity index (χ0n) is 10.5. The summed E-state index contributed by atoms with van der Waals surface area (Å²) in [5.41, 5.74) is 1.88. The minimum absolute atomic E-state index is 0. The van der Waals surface area contributed by atoms with Crippen molar-refractivity contribution in [2.45, 2.75) is 37.5 Å². The molecule has 2 radical (unpaired) electrons. The Morgan fingerprint density at radius 1 is 1.18 bits per heavy atom. The summed E-state index contributed by atoms with van der Waals surface area (Å²) in [7, 11) is 0. The van der Waals surface area contributed by atoms with Gasteiger partial charge in [-0.25, -0.2) is 18.1 Å². The summed E-state index contributed by atoms with van der Waals surface area (Å²) in [6.45, 7) is 0. The van der Waals surface area contributed by atoms with Crippen molar-refractivity contribution >= 4 is 11.3 Å². The first-order valence-electron chi connectivity index (χ1n) is 6.18. The first-order valence-corrected chi connectivity index (χ1v) is 7.06. The molecular formula is C15H17LiS. The van der Waals surface area contributed by atoms with E-state index in [1.54, 1.807) is 4.88 Å². The predicted octanol–water partition coefficient (Wildman–Crippen LogP) is 1.51. The number of rotatable bonds is 2. The minimum Gasteiger partial charge on any atom is -0.225 e. The van der Waals surface area contributed by atoms with Gasteiger partial charge in [0.05, 0.1) is 0 Å². The predicted molar refractivity (Wildman–Crippen MR) is 70.1 cm³/mol. The maximum absolute atomic E-state index is 2.32. The van der Waals surface area contributed by atoms with E-state index in [-0.39, 0.29) is 18.9 Å². The molecule has 2 aliphatic rings. The van der Waals surface area contributed by atoms with Crippen LogP contribution in [0.25, 0.3) is 0 Å². The summed E-state index contributed by atoms with van der Waals surface area (Å²) in [6, 6.07) is 4.52. The Hall–Kier alpha value is -0.0926. The molecule has 2 heteroatoms. The first kappa shape index (κ1) is 13.3. The third-order valence-corrected chi connectivity index (χ3v) is 4.99. The van der Waals surface area contributed by atoms with E-state index in [1.807, 2.05) is 11.3 Å². The smallest absolute Gasteiger partial charge is 0.225 e. The van der Waals surface area contributed by atoms with Gasteiger partial charge in [-0.3, -0.25) is 0 Å². The van der Waals surface area contributed by atoms with E-state index in [2.05, 4.69) is 42.9 Å². The molecule has 0 amide bonds. The number of allylic oxidation sites excluding steroid dienone is 2. The van der Waals surface area contributed by atoms with Gasteiger partial charge >= 0.3 is 18.9 Å². The maximum atomic E-state index is 2.32. The van der Waals surface area contributed by atoms with Crippen LogP contribution in [0.4, 0.5) is 0 Å². The second kappa shape index (κ2) is 5.70. The van der Waals surface area contributed by atoms with Crippen molar-refractivity contribution in [2.24, 2.45) is 0 Å². The van der Waals surface area contributed by atoms with Crippen LogP contribution in [0.15, 0.2) is 29.2 Å². The average Bonchev–Trinajstić information content (AvgIpc) is 3.04.